The summed E-state index contributed by atoms with van der Waals surface area (Å²) in [4.78, 5) is 19.8. The molecule has 2 heterocycles. The van der Waals surface area contributed by atoms with Gasteiger partial charge in [-0.3, -0.25) is 0 Å². The van der Waals surface area contributed by atoms with E-state index in [9.17, 15) is 0 Å². The first kappa shape index (κ1) is 46.0. The Bertz CT molecular complexity index is 2750. The van der Waals surface area contributed by atoms with Crippen LogP contribution >= 0.6 is 22.7 Å². The number of ether oxygens (including phenoxy) is 4. The third kappa shape index (κ3) is 9.14. The van der Waals surface area contributed by atoms with Crippen molar-refractivity contribution in [2.45, 2.75) is 29.6 Å². The number of fused-ring (bicyclic) bond motifs is 2. The van der Waals surface area contributed by atoms with Gasteiger partial charge in [0.05, 0.1) is 28.4 Å². The normalized spacial score (nSPS) is 11.8. The van der Waals surface area contributed by atoms with E-state index in [1.54, 1.807) is 34.2 Å². The van der Waals surface area contributed by atoms with E-state index in [4.69, 9.17) is 18.9 Å². The van der Waals surface area contributed by atoms with E-state index < -0.39 is 36.8 Å². The number of hydrogen-bond acceptors (Lipinski definition) is 8. The first-order chi connectivity index (χ1) is 31.8. The molecule has 2 aromatic heterocycles. The molecule has 6 nitrogen and oxygen atoms in total. The van der Waals surface area contributed by atoms with Crippen LogP contribution in [0.1, 0.15) is 0 Å². The monoisotopic (exact) mass is 1120 g/mol. The Balaban J connectivity index is 1.21. The van der Waals surface area contributed by atoms with E-state index in [0.717, 1.165) is 57.1 Å². The summed E-state index contributed by atoms with van der Waals surface area (Å²) in [5.74, 6) is 3.30. The third-order valence-electron chi connectivity index (χ3n) is 12.1. The SMILES string of the molecule is COc1ccc(N(c2ccc(OC)cc2)c2ccc(-c3c4c[c]([Sn]([CH3])([CH3])[CH3])sc4c(-c4ccc(N(c5ccc(OC)cc5)c5ccc(OC)cc5)cc4)c4c[c]([Sn]([CH3])([CH3])[CH3])sc34)cc2)cc1. The second-order valence-electron chi connectivity index (χ2n) is 18.5. The Labute approximate surface area is 405 Å². The molecule has 0 aliphatic rings. The van der Waals surface area contributed by atoms with Crippen LogP contribution in [0, 0.1) is 0 Å². The second-order valence-corrected chi connectivity index (χ2v) is 51.4. The molecule has 334 valence electrons. The van der Waals surface area contributed by atoms with Gasteiger partial charge in [-0.2, -0.15) is 0 Å². The fourth-order valence-corrected chi connectivity index (χ4v) is 21.3. The molecule has 0 N–H and O–H groups in total. The molecule has 0 atom stereocenters. The molecular weight excluding hydrogens is 1070 g/mol. The fourth-order valence-electron chi connectivity index (χ4n) is 8.46. The number of hydrogen-bond donors (Lipinski definition) is 0. The Kier molecular flexibility index (Phi) is 13.1. The predicted octanol–water partition coefficient (Wildman–Crippen LogP) is 15.5. The molecule has 0 bridgehead atoms. The number of methoxy groups -OCH3 is 4. The zero-order chi connectivity index (χ0) is 46.3. The van der Waals surface area contributed by atoms with E-state index in [1.807, 2.05) is 71.2 Å². The summed E-state index contributed by atoms with van der Waals surface area (Å²) >= 11 is -1.04. The number of benzene rings is 7. The molecule has 0 aliphatic carbocycles. The van der Waals surface area contributed by atoms with E-state index in [-0.39, 0.29) is 0 Å². The van der Waals surface area contributed by atoms with Gasteiger partial charge in [0.2, 0.25) is 0 Å². The van der Waals surface area contributed by atoms with Gasteiger partial charge in [0.15, 0.2) is 0 Å². The van der Waals surface area contributed by atoms with Gasteiger partial charge in [0.1, 0.15) is 23.0 Å². The molecule has 0 saturated carbocycles. The van der Waals surface area contributed by atoms with Crippen LogP contribution in [-0.2, 0) is 0 Å². The molecule has 0 unspecified atom stereocenters. The van der Waals surface area contributed by atoms with Gasteiger partial charge in [-0.1, -0.05) is 0 Å². The summed E-state index contributed by atoms with van der Waals surface area (Å²) in [6, 6.07) is 56.6. The number of rotatable bonds is 14. The summed E-state index contributed by atoms with van der Waals surface area (Å²) < 4.78 is 28.1. The maximum absolute atomic E-state index is 5.53. The Morgan fingerprint density at radius 1 is 0.333 bits per heavy atom. The van der Waals surface area contributed by atoms with Crippen LogP contribution in [0.4, 0.5) is 34.1 Å². The first-order valence-corrected chi connectivity index (χ1v) is 43.8. The van der Waals surface area contributed by atoms with Gasteiger partial charge >= 0.3 is 339 Å². The number of thiophene rings is 2. The summed E-state index contributed by atoms with van der Waals surface area (Å²) in [6.07, 6.45) is 0. The fraction of sp³-hybridized carbons (Fsp3) is 0.179. The summed E-state index contributed by atoms with van der Waals surface area (Å²) in [6.45, 7) is 0. The van der Waals surface area contributed by atoms with Crippen molar-refractivity contribution in [1.82, 2.24) is 0 Å². The Morgan fingerprint density at radius 2 is 0.561 bits per heavy atom. The second kappa shape index (κ2) is 18.9. The molecule has 9 aromatic rings. The van der Waals surface area contributed by atoms with Gasteiger partial charge in [0.25, 0.3) is 0 Å². The van der Waals surface area contributed by atoms with Crippen molar-refractivity contribution in [2.24, 2.45) is 0 Å². The average molecular weight is 1120 g/mol. The van der Waals surface area contributed by atoms with Crippen molar-refractivity contribution in [2.75, 3.05) is 38.2 Å². The van der Waals surface area contributed by atoms with E-state index in [0.29, 0.717) is 0 Å². The molecule has 0 spiro atoms. The van der Waals surface area contributed by atoms with Crippen LogP contribution in [0.25, 0.3) is 42.4 Å². The number of anilines is 6. The maximum atomic E-state index is 5.53. The van der Waals surface area contributed by atoms with E-state index in [2.05, 4.69) is 149 Å². The quantitative estimate of drug-likeness (QED) is 0.101. The Hall–Kier alpha value is -5.14. The number of nitrogens with zero attached hydrogens (tertiary/aromatic N) is 2. The van der Waals surface area contributed by atoms with Gasteiger partial charge in [0, 0.05) is 0 Å². The molecule has 0 radical (unpaired) electrons. The van der Waals surface area contributed by atoms with Gasteiger partial charge in [-0.25, -0.2) is 0 Å². The van der Waals surface area contributed by atoms with Crippen LogP contribution in [0.2, 0.25) is 29.6 Å². The zero-order valence-electron chi connectivity index (χ0n) is 39.4. The molecule has 10 heteroatoms. The Morgan fingerprint density at radius 3 is 0.773 bits per heavy atom. The summed E-state index contributed by atoms with van der Waals surface area (Å²) in [5, 5.41) is 2.72. The molecule has 66 heavy (non-hydrogen) atoms. The minimum absolute atomic E-state index is 0.825. The standard InChI is InChI=1S/C50H38N2O4S2.6CH3.2Sn/c1-53-41-21-13-37(14-22-41)51(38-15-23-42(54-2)24-16-38)35-9-5-33(6-10-35)47-45-29-31-58-50(45)48(46-30-32-57-49(46)47)34-7-11-36(12-8-34)52(39-17-25-43(55-3)26-18-39)40-19-27-44(56-4)28-20-40;;;;;;;;/h5-30H,1-4H3;6*1H3;;. The predicted molar refractivity (Wildman–Crippen MR) is 290 cm³/mol. The third-order valence-corrected chi connectivity index (χ3v) is 33.2. The van der Waals surface area contributed by atoms with Gasteiger partial charge < -0.3 is 18.9 Å². The van der Waals surface area contributed by atoms with Crippen LogP contribution in [0.3, 0.4) is 0 Å². The summed E-state index contributed by atoms with van der Waals surface area (Å²) in [5.41, 5.74) is 11.5. The van der Waals surface area contributed by atoms with Crippen molar-refractivity contribution in [1.29, 1.82) is 0 Å². The van der Waals surface area contributed by atoms with Crippen molar-refractivity contribution in [3.8, 4) is 45.3 Å². The molecule has 9 rings (SSSR count). The van der Waals surface area contributed by atoms with Crippen molar-refractivity contribution in [3.63, 3.8) is 0 Å². The molecule has 0 saturated heterocycles. The van der Waals surface area contributed by atoms with E-state index in [1.165, 1.54) is 42.4 Å². The topological polar surface area (TPSA) is 43.4 Å². The molecule has 0 fully saturated rings. The van der Waals surface area contributed by atoms with Gasteiger partial charge in [-0.05, 0) is 0 Å². The van der Waals surface area contributed by atoms with Crippen LogP contribution in [0.5, 0.6) is 23.0 Å². The zero-order valence-corrected chi connectivity index (χ0v) is 46.7. The average Bonchev–Trinajstić information content (AvgIpc) is 3.99. The first-order valence-electron chi connectivity index (χ1n) is 22.2. The van der Waals surface area contributed by atoms with E-state index >= 15 is 0 Å². The molecule has 7 aromatic carbocycles. The van der Waals surface area contributed by atoms with Crippen molar-refractivity contribution >= 4 is 120 Å². The molecule has 0 aliphatic heterocycles. The van der Waals surface area contributed by atoms with Gasteiger partial charge in [-0.15, -0.1) is 0 Å². The molecular formula is C56H56N2O4S2Sn2. The summed E-state index contributed by atoms with van der Waals surface area (Å²) in [7, 11) is 6.82. The van der Waals surface area contributed by atoms with Crippen molar-refractivity contribution in [3.05, 3.63) is 158 Å². The van der Waals surface area contributed by atoms with Crippen molar-refractivity contribution < 1.29 is 18.9 Å². The molecule has 0 amide bonds. The van der Waals surface area contributed by atoms with Crippen LogP contribution in [0.15, 0.2) is 158 Å². The minimum atomic E-state index is -2.56. The van der Waals surface area contributed by atoms with Crippen LogP contribution < -0.4 is 34.5 Å². The van der Waals surface area contributed by atoms with Crippen LogP contribution in [-0.4, -0.2) is 65.2 Å².